The number of nitrogens with zero attached hydrogens (tertiary/aromatic N) is 4. The zero-order chi connectivity index (χ0) is 19.9. The molecule has 4 rings (SSSR count). The summed E-state index contributed by atoms with van der Waals surface area (Å²) in [6.07, 6.45) is 13.3. The van der Waals surface area contributed by atoms with Crippen LogP contribution in [0, 0.1) is 5.92 Å². The molecule has 1 aliphatic carbocycles. The number of halogens is 1. The fourth-order valence-corrected chi connectivity index (χ4v) is 4.26. The summed E-state index contributed by atoms with van der Waals surface area (Å²) in [5.74, 6) is 2.72. The lowest BCUT2D eigenvalue weighted by atomic mass is 9.89. The Balaban J connectivity index is 0.00000256. The quantitative estimate of drug-likeness (QED) is 0.352. The Morgan fingerprint density at radius 1 is 1.30 bits per heavy atom. The van der Waals surface area contributed by atoms with Gasteiger partial charge in [-0.25, -0.2) is 0 Å². The van der Waals surface area contributed by atoms with E-state index < -0.39 is 0 Å². The zero-order valence-electron chi connectivity index (χ0n) is 17.8. The first-order valence-corrected chi connectivity index (χ1v) is 10.9. The molecule has 7 nitrogen and oxygen atoms in total. The molecule has 2 aromatic rings. The second-order valence-corrected chi connectivity index (χ2v) is 8.18. The van der Waals surface area contributed by atoms with Crippen LogP contribution in [0.4, 0.5) is 0 Å². The van der Waals surface area contributed by atoms with Crippen LogP contribution in [0.1, 0.15) is 49.5 Å². The van der Waals surface area contributed by atoms with Crippen molar-refractivity contribution in [3.05, 3.63) is 42.1 Å². The molecule has 1 N–H and O–H groups in total. The number of nitrogens with one attached hydrogen (secondary N) is 1. The highest BCUT2D eigenvalue weighted by Gasteiger charge is 2.25. The van der Waals surface area contributed by atoms with Crippen LogP contribution >= 0.6 is 24.0 Å². The summed E-state index contributed by atoms with van der Waals surface area (Å²) in [6, 6.07) is 3.96. The number of furan rings is 1. The van der Waals surface area contributed by atoms with Gasteiger partial charge >= 0.3 is 0 Å². The number of hydrogen-bond donors (Lipinski definition) is 1. The monoisotopic (exact) mass is 527 g/mol. The smallest absolute Gasteiger partial charge is 0.194 e. The summed E-state index contributed by atoms with van der Waals surface area (Å²) in [5.41, 5.74) is 1.12. The second-order valence-electron chi connectivity index (χ2n) is 8.18. The third-order valence-electron chi connectivity index (χ3n) is 5.92. The fraction of sp³-hybridized carbons (Fsp3) is 0.636. The average Bonchev–Trinajstić information content (AvgIpc) is 3.43. The highest BCUT2D eigenvalue weighted by atomic mass is 127. The van der Waals surface area contributed by atoms with Crippen molar-refractivity contribution in [1.82, 2.24) is 20.0 Å². The minimum Gasteiger partial charge on any atom is -0.469 e. The van der Waals surface area contributed by atoms with Crippen LogP contribution in [-0.4, -0.2) is 53.4 Å². The van der Waals surface area contributed by atoms with Crippen LogP contribution in [0.5, 0.6) is 0 Å². The number of ether oxygens (including phenoxy) is 1. The Labute approximate surface area is 196 Å². The van der Waals surface area contributed by atoms with E-state index in [1.165, 1.54) is 32.1 Å². The van der Waals surface area contributed by atoms with Crippen LogP contribution in [0.3, 0.4) is 0 Å². The average molecular weight is 527 g/mol. The molecule has 2 fully saturated rings. The Kier molecular flexibility index (Phi) is 9.05. The Bertz CT molecular complexity index is 770. The first kappa shape index (κ1) is 23.1. The number of hydrogen-bond acceptors (Lipinski definition) is 4. The van der Waals surface area contributed by atoms with Crippen molar-refractivity contribution in [2.75, 3.05) is 32.8 Å². The Morgan fingerprint density at radius 3 is 2.90 bits per heavy atom. The summed E-state index contributed by atoms with van der Waals surface area (Å²) in [7, 11) is 1.94. The molecule has 1 saturated heterocycles. The van der Waals surface area contributed by atoms with Gasteiger partial charge in [-0.3, -0.25) is 9.67 Å². The van der Waals surface area contributed by atoms with Gasteiger partial charge in [-0.05, 0) is 30.9 Å². The first-order valence-electron chi connectivity index (χ1n) is 10.9. The molecule has 2 aliphatic rings. The molecule has 1 saturated carbocycles. The van der Waals surface area contributed by atoms with Gasteiger partial charge in [0.05, 0.1) is 25.6 Å². The van der Waals surface area contributed by atoms with Gasteiger partial charge in [0, 0.05) is 44.9 Å². The van der Waals surface area contributed by atoms with Crippen LogP contribution in [-0.2, 0) is 18.2 Å². The van der Waals surface area contributed by atoms with E-state index in [2.05, 4.69) is 15.3 Å². The van der Waals surface area contributed by atoms with E-state index in [1.807, 2.05) is 36.3 Å². The van der Waals surface area contributed by atoms with E-state index in [-0.39, 0.29) is 30.1 Å². The minimum absolute atomic E-state index is 0. The number of morpholine rings is 1. The summed E-state index contributed by atoms with van der Waals surface area (Å²) in [5, 5.41) is 7.88. The highest BCUT2D eigenvalue weighted by Crippen LogP contribution is 2.25. The summed E-state index contributed by atoms with van der Waals surface area (Å²) in [4.78, 5) is 7.39. The van der Waals surface area contributed by atoms with Crippen LogP contribution < -0.4 is 5.32 Å². The van der Waals surface area contributed by atoms with Gasteiger partial charge in [-0.2, -0.15) is 5.10 Å². The van der Waals surface area contributed by atoms with Crippen molar-refractivity contribution in [1.29, 1.82) is 0 Å². The molecule has 0 bridgehead atoms. The molecule has 0 amide bonds. The number of rotatable bonds is 6. The summed E-state index contributed by atoms with van der Waals surface area (Å²) in [6.45, 7) is 4.07. The maximum absolute atomic E-state index is 6.02. The molecule has 166 valence electrons. The van der Waals surface area contributed by atoms with Crippen molar-refractivity contribution in [2.45, 2.75) is 44.6 Å². The maximum Gasteiger partial charge on any atom is 0.194 e. The summed E-state index contributed by atoms with van der Waals surface area (Å²) < 4.78 is 13.3. The molecule has 0 radical (unpaired) electrons. The third kappa shape index (κ3) is 6.47. The fourth-order valence-electron chi connectivity index (χ4n) is 4.26. The highest BCUT2D eigenvalue weighted by molar-refractivity contribution is 14.0. The lowest BCUT2D eigenvalue weighted by Crippen LogP contribution is -2.48. The van der Waals surface area contributed by atoms with E-state index in [0.717, 1.165) is 55.8 Å². The van der Waals surface area contributed by atoms with Crippen molar-refractivity contribution >= 4 is 29.9 Å². The van der Waals surface area contributed by atoms with Gasteiger partial charge in [0.25, 0.3) is 0 Å². The van der Waals surface area contributed by atoms with E-state index in [9.17, 15) is 0 Å². The van der Waals surface area contributed by atoms with Gasteiger partial charge in [0.1, 0.15) is 11.9 Å². The van der Waals surface area contributed by atoms with Crippen molar-refractivity contribution in [3.8, 4) is 0 Å². The molecule has 30 heavy (non-hydrogen) atoms. The molecular formula is C22H34IN5O2. The molecule has 1 atom stereocenters. The van der Waals surface area contributed by atoms with Crippen LogP contribution in [0.15, 0.2) is 40.2 Å². The minimum atomic E-state index is 0. The van der Waals surface area contributed by atoms with Gasteiger partial charge < -0.3 is 19.4 Å². The van der Waals surface area contributed by atoms with E-state index in [4.69, 9.17) is 14.1 Å². The van der Waals surface area contributed by atoms with Crippen molar-refractivity contribution < 1.29 is 9.15 Å². The molecule has 0 spiro atoms. The molecule has 1 aliphatic heterocycles. The van der Waals surface area contributed by atoms with Gasteiger partial charge in [-0.15, -0.1) is 24.0 Å². The number of aromatic nitrogens is 2. The zero-order valence-corrected chi connectivity index (χ0v) is 20.2. The molecular weight excluding hydrogens is 493 g/mol. The molecule has 8 heteroatoms. The van der Waals surface area contributed by atoms with Crippen LogP contribution in [0.25, 0.3) is 0 Å². The lowest BCUT2D eigenvalue weighted by molar-refractivity contribution is -0.00809. The number of aryl methyl sites for hydroxylation is 1. The third-order valence-corrected chi connectivity index (χ3v) is 5.92. The topological polar surface area (TPSA) is 67.8 Å². The van der Waals surface area contributed by atoms with Gasteiger partial charge in [0.15, 0.2) is 5.96 Å². The molecule has 2 aromatic heterocycles. The Hall–Kier alpha value is -1.55. The number of aliphatic imine (C=N–C) groups is 1. The van der Waals surface area contributed by atoms with Crippen molar-refractivity contribution in [3.63, 3.8) is 0 Å². The normalized spacial score (nSPS) is 20.8. The molecule has 1 unspecified atom stereocenters. The largest absolute Gasteiger partial charge is 0.469 e. The van der Waals surface area contributed by atoms with E-state index >= 15 is 0 Å². The van der Waals surface area contributed by atoms with E-state index in [1.54, 1.807) is 6.26 Å². The molecule has 3 heterocycles. The lowest BCUT2D eigenvalue weighted by Gasteiger charge is -2.35. The predicted octanol–water partition coefficient (Wildman–Crippen LogP) is 3.77. The van der Waals surface area contributed by atoms with Gasteiger partial charge in [0.2, 0.25) is 0 Å². The summed E-state index contributed by atoms with van der Waals surface area (Å²) >= 11 is 0. The van der Waals surface area contributed by atoms with Gasteiger partial charge in [-0.1, -0.05) is 19.3 Å². The van der Waals surface area contributed by atoms with Crippen LogP contribution in [0.2, 0.25) is 0 Å². The number of guanidine groups is 1. The first-order chi connectivity index (χ1) is 14.3. The van der Waals surface area contributed by atoms with Crippen molar-refractivity contribution in [2.24, 2.45) is 18.0 Å². The second kappa shape index (κ2) is 11.7. The standard InChI is InChI=1S/C22H33N5O2.HI/c1-26-16-19(15-25-26)21-17-27(11-13-29-21)22(23-10-9-20-8-5-12-28-20)24-14-18-6-3-2-4-7-18;/h5,8,12,15-16,18,21H,2-4,6-7,9-11,13-14,17H2,1H3,(H,23,24);1H. The maximum atomic E-state index is 6.02. The SMILES string of the molecule is Cn1cc(C2CN(C(=NCC3CCCCC3)NCCc3ccco3)CCO2)cn1.I. The molecule has 0 aromatic carbocycles. The van der Waals surface area contributed by atoms with E-state index in [0.29, 0.717) is 6.61 Å². The Morgan fingerprint density at radius 2 is 2.17 bits per heavy atom. The predicted molar refractivity (Wildman–Crippen MR) is 128 cm³/mol.